The summed E-state index contributed by atoms with van der Waals surface area (Å²) in [5, 5.41) is 0. The summed E-state index contributed by atoms with van der Waals surface area (Å²) in [6.45, 7) is 0. The van der Waals surface area contributed by atoms with Crippen molar-refractivity contribution in [2.45, 2.75) is 0 Å². The number of ether oxygens (including phenoxy) is 2. The summed E-state index contributed by atoms with van der Waals surface area (Å²) in [5.74, 6) is 1.34. The van der Waals surface area contributed by atoms with Gasteiger partial charge in [-0.3, -0.25) is 4.98 Å². The second kappa shape index (κ2) is 4.43. The molecule has 0 saturated heterocycles. The molecule has 0 spiro atoms. The van der Waals surface area contributed by atoms with E-state index < -0.39 is 0 Å². The Labute approximate surface area is 92.1 Å². The molecular formula is C10H10N4O2. The molecular weight excluding hydrogens is 208 g/mol. The minimum absolute atomic E-state index is 0.0956. The van der Waals surface area contributed by atoms with Crippen LogP contribution in [0.5, 0.6) is 17.5 Å². The molecule has 0 unspecified atom stereocenters. The molecule has 2 aromatic heterocycles. The molecule has 0 aliphatic heterocycles. The van der Waals surface area contributed by atoms with Crippen LogP contribution in [0.2, 0.25) is 0 Å². The Kier molecular flexibility index (Phi) is 2.81. The lowest BCUT2D eigenvalue weighted by Crippen LogP contribution is -1.99. The summed E-state index contributed by atoms with van der Waals surface area (Å²) < 4.78 is 10.4. The van der Waals surface area contributed by atoms with Gasteiger partial charge >= 0.3 is 0 Å². The summed E-state index contributed by atoms with van der Waals surface area (Å²) in [6, 6.07) is 5.07. The average molecular weight is 218 g/mol. The Morgan fingerprint density at radius 2 is 2.06 bits per heavy atom. The summed E-state index contributed by atoms with van der Waals surface area (Å²) in [4.78, 5) is 11.7. The number of anilines is 1. The van der Waals surface area contributed by atoms with Crippen molar-refractivity contribution >= 4 is 5.95 Å². The topological polar surface area (TPSA) is 83.2 Å². The first kappa shape index (κ1) is 10.2. The molecule has 6 nitrogen and oxygen atoms in total. The van der Waals surface area contributed by atoms with Crippen LogP contribution in [0.3, 0.4) is 0 Å². The second-order valence-electron chi connectivity index (χ2n) is 2.90. The number of hydrogen-bond acceptors (Lipinski definition) is 6. The van der Waals surface area contributed by atoms with Crippen LogP contribution in [0.25, 0.3) is 0 Å². The largest absolute Gasteiger partial charge is 0.481 e. The lowest BCUT2D eigenvalue weighted by molar-refractivity contribution is 0.389. The fourth-order valence-electron chi connectivity index (χ4n) is 1.11. The van der Waals surface area contributed by atoms with Gasteiger partial charge in [0.05, 0.1) is 19.4 Å². The van der Waals surface area contributed by atoms with E-state index in [0.29, 0.717) is 17.5 Å². The fourth-order valence-corrected chi connectivity index (χ4v) is 1.11. The maximum Gasteiger partial charge on any atom is 0.227 e. The molecule has 0 amide bonds. The number of nitrogens with two attached hydrogens (primary N) is 1. The Morgan fingerprint density at radius 3 is 2.75 bits per heavy atom. The zero-order chi connectivity index (χ0) is 11.4. The maximum absolute atomic E-state index is 5.49. The zero-order valence-corrected chi connectivity index (χ0v) is 8.62. The molecule has 82 valence electrons. The van der Waals surface area contributed by atoms with Gasteiger partial charge in [-0.25, -0.2) is 0 Å². The quantitative estimate of drug-likeness (QED) is 0.834. The molecule has 0 bridgehead atoms. The Morgan fingerprint density at radius 1 is 1.25 bits per heavy atom. The lowest BCUT2D eigenvalue weighted by Gasteiger charge is -2.05. The highest BCUT2D eigenvalue weighted by Crippen LogP contribution is 2.21. The normalized spacial score (nSPS) is 9.81. The number of methoxy groups -OCH3 is 1. The Balaban J connectivity index is 2.24. The van der Waals surface area contributed by atoms with Crippen LogP contribution < -0.4 is 15.2 Å². The van der Waals surface area contributed by atoms with Crippen molar-refractivity contribution in [3.63, 3.8) is 0 Å². The summed E-state index contributed by atoms with van der Waals surface area (Å²) in [6.07, 6.45) is 3.23. The van der Waals surface area contributed by atoms with Crippen LogP contribution in [-0.2, 0) is 0 Å². The number of rotatable bonds is 3. The molecule has 0 aliphatic rings. The predicted molar refractivity (Wildman–Crippen MR) is 57.3 cm³/mol. The van der Waals surface area contributed by atoms with Gasteiger partial charge in [-0.15, -0.1) is 0 Å². The third-order valence-electron chi connectivity index (χ3n) is 1.76. The highest BCUT2D eigenvalue weighted by molar-refractivity contribution is 5.32. The lowest BCUT2D eigenvalue weighted by atomic mass is 10.5. The third kappa shape index (κ3) is 2.35. The van der Waals surface area contributed by atoms with Crippen molar-refractivity contribution in [2.75, 3.05) is 12.8 Å². The van der Waals surface area contributed by atoms with Gasteiger partial charge in [0, 0.05) is 6.20 Å². The van der Waals surface area contributed by atoms with Crippen molar-refractivity contribution in [3.05, 3.63) is 30.6 Å². The van der Waals surface area contributed by atoms with Crippen LogP contribution in [-0.4, -0.2) is 22.1 Å². The smallest absolute Gasteiger partial charge is 0.227 e. The molecule has 2 aromatic rings. The number of aromatic nitrogens is 3. The van der Waals surface area contributed by atoms with Crippen LogP contribution >= 0.6 is 0 Å². The first-order valence-corrected chi connectivity index (χ1v) is 4.54. The van der Waals surface area contributed by atoms with Gasteiger partial charge in [0.25, 0.3) is 0 Å². The summed E-state index contributed by atoms with van der Waals surface area (Å²) in [5.41, 5.74) is 5.49. The standard InChI is InChI=1S/C10H10N4O2/c1-15-8-5-9(14-10(11)13-8)16-7-3-2-4-12-6-7/h2-6H,1H3,(H2,11,13,14). The second-order valence-corrected chi connectivity index (χ2v) is 2.90. The van der Waals surface area contributed by atoms with Crippen LogP contribution in [0.1, 0.15) is 0 Å². The van der Waals surface area contributed by atoms with E-state index in [1.54, 1.807) is 30.6 Å². The van der Waals surface area contributed by atoms with Crippen molar-refractivity contribution in [3.8, 4) is 17.5 Å². The molecule has 0 atom stereocenters. The van der Waals surface area contributed by atoms with E-state index in [4.69, 9.17) is 15.2 Å². The molecule has 6 heteroatoms. The number of nitrogens with zero attached hydrogens (tertiary/aromatic N) is 3. The van der Waals surface area contributed by atoms with Gasteiger partial charge in [-0.2, -0.15) is 9.97 Å². The number of hydrogen-bond donors (Lipinski definition) is 1. The fraction of sp³-hybridized carbons (Fsp3) is 0.100. The van der Waals surface area contributed by atoms with Gasteiger partial charge < -0.3 is 15.2 Å². The minimum atomic E-state index is 0.0956. The Hall–Kier alpha value is -2.37. The molecule has 0 aromatic carbocycles. The van der Waals surface area contributed by atoms with Gasteiger partial charge in [-0.1, -0.05) is 0 Å². The van der Waals surface area contributed by atoms with Crippen LogP contribution in [0.15, 0.2) is 30.6 Å². The van der Waals surface area contributed by atoms with Gasteiger partial charge in [0.1, 0.15) is 5.75 Å². The molecule has 2 N–H and O–H groups in total. The van der Waals surface area contributed by atoms with Gasteiger partial charge in [-0.05, 0) is 12.1 Å². The maximum atomic E-state index is 5.49. The number of pyridine rings is 1. The van der Waals surface area contributed by atoms with E-state index in [2.05, 4.69) is 15.0 Å². The van der Waals surface area contributed by atoms with E-state index in [9.17, 15) is 0 Å². The highest BCUT2D eigenvalue weighted by Gasteiger charge is 2.04. The molecule has 2 heterocycles. The third-order valence-corrected chi connectivity index (χ3v) is 1.76. The van der Waals surface area contributed by atoms with E-state index in [1.165, 1.54) is 7.11 Å². The van der Waals surface area contributed by atoms with Crippen molar-refractivity contribution < 1.29 is 9.47 Å². The monoisotopic (exact) mass is 218 g/mol. The predicted octanol–water partition coefficient (Wildman–Crippen LogP) is 1.25. The van der Waals surface area contributed by atoms with Crippen molar-refractivity contribution in [1.29, 1.82) is 0 Å². The molecule has 2 rings (SSSR count). The SMILES string of the molecule is COc1cc(Oc2cccnc2)nc(N)n1. The molecule has 0 fully saturated rings. The van der Waals surface area contributed by atoms with Crippen LogP contribution in [0, 0.1) is 0 Å². The van der Waals surface area contributed by atoms with E-state index >= 15 is 0 Å². The zero-order valence-electron chi connectivity index (χ0n) is 8.62. The van der Waals surface area contributed by atoms with Crippen LogP contribution in [0.4, 0.5) is 5.95 Å². The van der Waals surface area contributed by atoms with Crippen molar-refractivity contribution in [1.82, 2.24) is 15.0 Å². The molecule has 0 aliphatic carbocycles. The van der Waals surface area contributed by atoms with E-state index in [1.807, 2.05) is 0 Å². The Bertz CT molecular complexity index is 476. The van der Waals surface area contributed by atoms with Gasteiger partial charge in [0.15, 0.2) is 0 Å². The minimum Gasteiger partial charge on any atom is -0.481 e. The molecule has 16 heavy (non-hydrogen) atoms. The van der Waals surface area contributed by atoms with E-state index in [-0.39, 0.29) is 5.95 Å². The van der Waals surface area contributed by atoms with E-state index in [0.717, 1.165) is 0 Å². The summed E-state index contributed by atoms with van der Waals surface area (Å²) >= 11 is 0. The molecule has 0 radical (unpaired) electrons. The van der Waals surface area contributed by atoms with Crippen molar-refractivity contribution in [2.24, 2.45) is 0 Å². The summed E-state index contributed by atoms with van der Waals surface area (Å²) in [7, 11) is 1.50. The highest BCUT2D eigenvalue weighted by atomic mass is 16.5. The molecule has 0 saturated carbocycles. The number of nitrogen functional groups attached to an aromatic ring is 1. The average Bonchev–Trinajstić information content (AvgIpc) is 2.29. The first-order chi connectivity index (χ1) is 7.78. The first-order valence-electron chi connectivity index (χ1n) is 4.54. The van der Waals surface area contributed by atoms with Gasteiger partial charge in [0.2, 0.25) is 17.7 Å².